The maximum absolute atomic E-state index is 13.0. The van der Waals surface area contributed by atoms with E-state index in [1.807, 2.05) is 11.8 Å². The van der Waals surface area contributed by atoms with Gasteiger partial charge in [0.1, 0.15) is 5.82 Å². The smallest absolute Gasteiger partial charge is 0.317 e. The van der Waals surface area contributed by atoms with Gasteiger partial charge in [0.15, 0.2) is 0 Å². The molecule has 2 rings (SSSR count). The maximum atomic E-state index is 13.0. The van der Waals surface area contributed by atoms with Crippen LogP contribution in [0.4, 0.5) is 4.39 Å². The molecule has 1 heterocycles. The first-order chi connectivity index (χ1) is 9.61. The minimum absolute atomic E-state index is 0.0161. The van der Waals surface area contributed by atoms with Crippen LogP contribution in [-0.4, -0.2) is 33.5 Å². The van der Waals surface area contributed by atoms with Gasteiger partial charge in [-0.15, -0.1) is 0 Å². The molecule has 0 amide bonds. The maximum Gasteiger partial charge on any atom is 0.317 e. The van der Waals surface area contributed by atoms with Crippen molar-refractivity contribution >= 4 is 5.97 Å². The molecule has 110 valence electrons. The lowest BCUT2D eigenvalue weighted by atomic mass is 10.0. The van der Waals surface area contributed by atoms with Crippen LogP contribution < -0.4 is 0 Å². The van der Waals surface area contributed by atoms with Gasteiger partial charge in [0, 0.05) is 6.04 Å². The molecule has 4 nitrogen and oxygen atoms in total. The Morgan fingerprint density at radius 3 is 2.70 bits per heavy atom. The zero-order chi connectivity index (χ0) is 14.5. The molecule has 0 radical (unpaired) electrons. The zero-order valence-corrected chi connectivity index (χ0v) is 11.8. The number of aliphatic carboxylic acids is 1. The number of carbonyl (C=O) groups is 1. The van der Waals surface area contributed by atoms with Gasteiger partial charge in [-0.25, -0.2) is 4.39 Å². The summed E-state index contributed by atoms with van der Waals surface area (Å²) in [6, 6.07) is 3.28. The second-order valence-electron chi connectivity index (χ2n) is 5.33. The van der Waals surface area contributed by atoms with E-state index in [-0.39, 0.29) is 18.4 Å². The molecule has 5 heteroatoms. The number of halogens is 1. The van der Waals surface area contributed by atoms with E-state index in [9.17, 15) is 9.18 Å². The van der Waals surface area contributed by atoms with Crippen molar-refractivity contribution in [2.75, 3.05) is 6.54 Å². The van der Waals surface area contributed by atoms with Crippen LogP contribution in [0.1, 0.15) is 50.8 Å². The Morgan fingerprint density at radius 1 is 1.50 bits per heavy atom. The number of aromatic nitrogens is 1. The third-order valence-electron chi connectivity index (χ3n) is 3.99. The molecule has 1 atom stereocenters. The quantitative estimate of drug-likeness (QED) is 0.870. The molecule has 0 saturated heterocycles. The van der Waals surface area contributed by atoms with Crippen LogP contribution in [0.2, 0.25) is 0 Å². The average molecular weight is 280 g/mol. The molecule has 0 bridgehead atoms. The summed E-state index contributed by atoms with van der Waals surface area (Å²) in [5.74, 6) is -1.19. The number of rotatable bonds is 6. The fourth-order valence-corrected chi connectivity index (χ4v) is 3.08. The molecule has 1 aromatic rings. The SMILES string of the molecule is CCC(c1ccc(F)cn1)N(CC(=O)O)C1CCCC1. The standard InChI is InChI=1S/C15H21FN2O2/c1-2-14(13-8-7-11(16)9-17-13)18(10-15(19)20)12-5-3-4-6-12/h7-9,12,14H,2-6,10H2,1H3,(H,19,20). The molecule has 0 aliphatic heterocycles. The minimum Gasteiger partial charge on any atom is -0.480 e. The molecule has 1 aromatic heterocycles. The van der Waals surface area contributed by atoms with Gasteiger partial charge >= 0.3 is 5.97 Å². The van der Waals surface area contributed by atoms with E-state index < -0.39 is 5.97 Å². The summed E-state index contributed by atoms with van der Waals surface area (Å²) < 4.78 is 13.0. The summed E-state index contributed by atoms with van der Waals surface area (Å²) in [6.07, 6.45) is 6.33. The van der Waals surface area contributed by atoms with E-state index in [1.165, 1.54) is 12.3 Å². The zero-order valence-electron chi connectivity index (χ0n) is 11.8. The Hall–Kier alpha value is -1.49. The average Bonchev–Trinajstić information content (AvgIpc) is 2.94. The monoisotopic (exact) mass is 280 g/mol. The fourth-order valence-electron chi connectivity index (χ4n) is 3.08. The third kappa shape index (κ3) is 3.54. The Balaban J connectivity index is 2.23. The van der Waals surface area contributed by atoms with Crippen LogP contribution in [0.5, 0.6) is 0 Å². The van der Waals surface area contributed by atoms with Crippen molar-refractivity contribution in [2.45, 2.75) is 51.1 Å². The number of carboxylic acids is 1. The Kier molecular flexibility index (Phi) is 5.06. The lowest BCUT2D eigenvalue weighted by molar-refractivity contribution is -0.139. The van der Waals surface area contributed by atoms with E-state index >= 15 is 0 Å². The highest BCUT2D eigenvalue weighted by Crippen LogP contribution is 2.32. The number of carboxylic acid groups (broad SMARTS) is 1. The first-order valence-electron chi connectivity index (χ1n) is 7.20. The first-order valence-corrected chi connectivity index (χ1v) is 7.20. The van der Waals surface area contributed by atoms with Crippen molar-refractivity contribution in [2.24, 2.45) is 0 Å². The molecule has 1 aliphatic carbocycles. The van der Waals surface area contributed by atoms with Crippen molar-refractivity contribution in [3.63, 3.8) is 0 Å². The fraction of sp³-hybridized carbons (Fsp3) is 0.600. The van der Waals surface area contributed by atoms with Gasteiger partial charge in [-0.3, -0.25) is 14.7 Å². The second kappa shape index (κ2) is 6.79. The van der Waals surface area contributed by atoms with Crippen molar-refractivity contribution in [3.05, 3.63) is 29.8 Å². The molecule has 1 saturated carbocycles. The van der Waals surface area contributed by atoms with Gasteiger partial charge in [0.25, 0.3) is 0 Å². The van der Waals surface area contributed by atoms with Crippen molar-refractivity contribution in [1.82, 2.24) is 9.88 Å². The first kappa shape index (κ1) is 14.9. The molecule has 1 aliphatic rings. The lowest BCUT2D eigenvalue weighted by Crippen LogP contribution is -2.40. The van der Waals surface area contributed by atoms with Crippen molar-refractivity contribution in [1.29, 1.82) is 0 Å². The summed E-state index contributed by atoms with van der Waals surface area (Å²) in [7, 11) is 0. The van der Waals surface area contributed by atoms with Gasteiger partial charge < -0.3 is 5.11 Å². The van der Waals surface area contributed by atoms with Gasteiger partial charge in [-0.1, -0.05) is 19.8 Å². The molecule has 0 spiro atoms. The molecule has 20 heavy (non-hydrogen) atoms. The number of pyridine rings is 1. The number of hydrogen-bond donors (Lipinski definition) is 1. The van der Waals surface area contributed by atoms with Crippen LogP contribution in [0.3, 0.4) is 0 Å². The predicted octanol–water partition coefficient (Wildman–Crippen LogP) is 3.00. The van der Waals surface area contributed by atoms with E-state index in [0.717, 1.165) is 37.8 Å². The Bertz CT molecular complexity index is 444. The second-order valence-corrected chi connectivity index (χ2v) is 5.33. The highest BCUT2D eigenvalue weighted by Gasteiger charge is 2.30. The van der Waals surface area contributed by atoms with E-state index in [2.05, 4.69) is 4.98 Å². The van der Waals surface area contributed by atoms with Gasteiger partial charge in [-0.2, -0.15) is 0 Å². The minimum atomic E-state index is -0.822. The third-order valence-corrected chi connectivity index (χ3v) is 3.99. The predicted molar refractivity (Wildman–Crippen MR) is 73.8 cm³/mol. The summed E-state index contributed by atoms with van der Waals surface area (Å²) >= 11 is 0. The summed E-state index contributed by atoms with van der Waals surface area (Å²) in [6.45, 7) is 2.03. The van der Waals surface area contributed by atoms with Crippen molar-refractivity contribution in [3.8, 4) is 0 Å². The van der Waals surface area contributed by atoms with Gasteiger partial charge in [0.2, 0.25) is 0 Å². The highest BCUT2D eigenvalue weighted by molar-refractivity contribution is 5.69. The molecule has 1 fully saturated rings. The number of hydrogen-bond acceptors (Lipinski definition) is 3. The van der Waals surface area contributed by atoms with Crippen LogP contribution in [0, 0.1) is 5.82 Å². The van der Waals surface area contributed by atoms with E-state index in [4.69, 9.17) is 5.11 Å². The summed E-state index contributed by atoms with van der Waals surface area (Å²) in [5, 5.41) is 9.16. The topological polar surface area (TPSA) is 53.4 Å². The summed E-state index contributed by atoms with van der Waals surface area (Å²) in [4.78, 5) is 17.3. The van der Waals surface area contributed by atoms with Gasteiger partial charge in [0.05, 0.1) is 24.5 Å². The van der Waals surface area contributed by atoms with Crippen LogP contribution in [-0.2, 0) is 4.79 Å². The molecule has 1 N–H and O–H groups in total. The molecule has 0 aromatic carbocycles. The Labute approximate surface area is 118 Å². The molecular formula is C15H21FN2O2. The van der Waals surface area contributed by atoms with E-state index in [0.29, 0.717) is 6.04 Å². The normalized spacial score (nSPS) is 17.6. The van der Waals surface area contributed by atoms with Crippen LogP contribution in [0.25, 0.3) is 0 Å². The van der Waals surface area contributed by atoms with Gasteiger partial charge in [-0.05, 0) is 31.4 Å². The van der Waals surface area contributed by atoms with Crippen LogP contribution >= 0.6 is 0 Å². The number of nitrogens with zero attached hydrogens (tertiary/aromatic N) is 2. The Morgan fingerprint density at radius 2 is 2.20 bits per heavy atom. The summed E-state index contributed by atoms with van der Waals surface area (Å²) in [5.41, 5.74) is 0.752. The molecular weight excluding hydrogens is 259 g/mol. The largest absolute Gasteiger partial charge is 0.480 e. The van der Waals surface area contributed by atoms with Crippen LogP contribution in [0.15, 0.2) is 18.3 Å². The molecule has 1 unspecified atom stereocenters. The van der Waals surface area contributed by atoms with Crippen molar-refractivity contribution < 1.29 is 14.3 Å². The van der Waals surface area contributed by atoms with E-state index in [1.54, 1.807) is 6.07 Å². The highest BCUT2D eigenvalue weighted by atomic mass is 19.1. The lowest BCUT2D eigenvalue weighted by Gasteiger charge is -2.34.